The number of fused-ring (bicyclic) bond motifs is 1. The third-order valence-corrected chi connectivity index (χ3v) is 2.25. The standard InChI is InChI=1S/C11H9NO2/c12-10-6-8(11(13)14)5-7-3-1-2-4-9(7)10/h1-2,4-6,12H,3H2,(H,13,14). The van der Waals surface area contributed by atoms with E-state index >= 15 is 0 Å². The van der Waals surface area contributed by atoms with Gasteiger partial charge in [0.1, 0.15) is 0 Å². The molecule has 0 bridgehead atoms. The average molecular weight is 187 g/mol. The van der Waals surface area contributed by atoms with E-state index in [0.717, 1.165) is 11.1 Å². The van der Waals surface area contributed by atoms with Gasteiger partial charge < -0.3 is 10.5 Å². The Balaban J connectivity index is 2.46. The van der Waals surface area contributed by atoms with Crippen molar-refractivity contribution in [3.63, 3.8) is 0 Å². The fourth-order valence-electron chi connectivity index (χ4n) is 1.56. The van der Waals surface area contributed by atoms with Crippen molar-refractivity contribution in [2.24, 2.45) is 0 Å². The zero-order valence-electron chi connectivity index (χ0n) is 7.45. The molecule has 0 fully saturated rings. The quantitative estimate of drug-likeness (QED) is 0.658. The second-order valence-electron chi connectivity index (χ2n) is 3.20. The van der Waals surface area contributed by atoms with E-state index in [4.69, 9.17) is 10.5 Å². The van der Waals surface area contributed by atoms with Gasteiger partial charge in [0.25, 0.3) is 0 Å². The first-order valence-electron chi connectivity index (χ1n) is 4.30. The van der Waals surface area contributed by atoms with Crippen molar-refractivity contribution in [3.8, 4) is 0 Å². The van der Waals surface area contributed by atoms with Crippen molar-refractivity contribution in [1.82, 2.24) is 0 Å². The third-order valence-electron chi connectivity index (χ3n) is 2.25. The van der Waals surface area contributed by atoms with Crippen molar-refractivity contribution in [2.75, 3.05) is 0 Å². The molecule has 0 aliphatic heterocycles. The summed E-state index contributed by atoms with van der Waals surface area (Å²) in [6.07, 6.45) is 9.41. The molecule has 0 heterocycles. The van der Waals surface area contributed by atoms with Gasteiger partial charge in [0.15, 0.2) is 0 Å². The van der Waals surface area contributed by atoms with Crippen LogP contribution in [0.4, 0.5) is 0 Å². The van der Waals surface area contributed by atoms with Crippen molar-refractivity contribution in [3.05, 3.63) is 47.1 Å². The molecule has 0 aromatic rings. The van der Waals surface area contributed by atoms with E-state index in [1.807, 2.05) is 18.2 Å². The Labute approximate surface area is 81.3 Å². The number of hydrogen-bond donors (Lipinski definition) is 2. The lowest BCUT2D eigenvalue weighted by Crippen LogP contribution is -2.12. The molecule has 0 spiro atoms. The topological polar surface area (TPSA) is 61.2 Å². The van der Waals surface area contributed by atoms with Crippen molar-refractivity contribution in [2.45, 2.75) is 6.42 Å². The van der Waals surface area contributed by atoms with E-state index in [1.165, 1.54) is 6.08 Å². The van der Waals surface area contributed by atoms with Crippen molar-refractivity contribution in [1.29, 1.82) is 5.41 Å². The summed E-state index contributed by atoms with van der Waals surface area (Å²) in [7, 11) is 0. The van der Waals surface area contributed by atoms with Gasteiger partial charge in [0.2, 0.25) is 0 Å². The first kappa shape index (κ1) is 8.69. The Hall–Kier alpha value is -1.90. The summed E-state index contributed by atoms with van der Waals surface area (Å²) in [6.45, 7) is 0. The number of carboxylic acid groups (broad SMARTS) is 1. The lowest BCUT2D eigenvalue weighted by molar-refractivity contribution is -0.132. The zero-order valence-corrected chi connectivity index (χ0v) is 7.45. The Bertz CT molecular complexity index is 436. The van der Waals surface area contributed by atoms with Crippen LogP contribution in [0.15, 0.2) is 47.1 Å². The van der Waals surface area contributed by atoms with Gasteiger partial charge in [0.05, 0.1) is 11.3 Å². The molecule has 2 aliphatic rings. The molecule has 0 saturated carbocycles. The predicted molar refractivity (Wildman–Crippen MR) is 53.4 cm³/mol. The van der Waals surface area contributed by atoms with Crippen LogP contribution in [0.3, 0.4) is 0 Å². The predicted octanol–water partition coefficient (Wildman–Crippen LogP) is 1.84. The minimum atomic E-state index is -0.976. The number of hydrogen-bond acceptors (Lipinski definition) is 2. The minimum Gasteiger partial charge on any atom is -0.478 e. The van der Waals surface area contributed by atoms with Gasteiger partial charge in [-0.15, -0.1) is 0 Å². The molecular weight excluding hydrogens is 178 g/mol. The number of allylic oxidation sites excluding steroid dienone is 6. The van der Waals surface area contributed by atoms with E-state index in [1.54, 1.807) is 6.08 Å². The first-order valence-corrected chi connectivity index (χ1v) is 4.30. The van der Waals surface area contributed by atoms with Crippen molar-refractivity contribution >= 4 is 11.7 Å². The Morgan fingerprint density at radius 1 is 1.43 bits per heavy atom. The highest BCUT2D eigenvalue weighted by Gasteiger charge is 2.18. The Morgan fingerprint density at radius 3 is 2.93 bits per heavy atom. The minimum absolute atomic E-state index is 0.192. The van der Waals surface area contributed by atoms with E-state index in [-0.39, 0.29) is 11.3 Å². The molecule has 3 heteroatoms. The molecule has 0 atom stereocenters. The molecule has 14 heavy (non-hydrogen) atoms. The zero-order chi connectivity index (χ0) is 10.1. The van der Waals surface area contributed by atoms with Crippen LogP contribution < -0.4 is 0 Å². The maximum absolute atomic E-state index is 10.7. The lowest BCUT2D eigenvalue weighted by Gasteiger charge is -2.17. The first-order chi connectivity index (χ1) is 6.68. The lowest BCUT2D eigenvalue weighted by atomic mass is 9.88. The molecule has 2 rings (SSSR count). The normalized spacial score (nSPS) is 19.4. The van der Waals surface area contributed by atoms with E-state index in [9.17, 15) is 4.79 Å². The molecular formula is C11H9NO2. The third kappa shape index (κ3) is 1.33. The average Bonchev–Trinajstić information content (AvgIpc) is 2.17. The van der Waals surface area contributed by atoms with Crippen LogP contribution in [0.1, 0.15) is 6.42 Å². The van der Waals surface area contributed by atoms with Gasteiger partial charge >= 0.3 is 5.97 Å². The molecule has 0 unspecified atom stereocenters. The van der Waals surface area contributed by atoms with Gasteiger partial charge in [-0.2, -0.15) is 0 Å². The number of nitrogens with one attached hydrogen (secondary N) is 1. The van der Waals surface area contributed by atoms with Crippen molar-refractivity contribution < 1.29 is 9.90 Å². The number of aliphatic carboxylic acids is 1. The van der Waals surface area contributed by atoms with Gasteiger partial charge in [-0.3, -0.25) is 0 Å². The molecule has 0 radical (unpaired) electrons. The molecule has 2 N–H and O–H groups in total. The van der Waals surface area contributed by atoms with Crippen LogP contribution in [0.2, 0.25) is 0 Å². The molecule has 2 aliphatic carbocycles. The highest BCUT2D eigenvalue weighted by molar-refractivity contribution is 6.15. The summed E-state index contributed by atoms with van der Waals surface area (Å²) in [5.41, 5.74) is 2.22. The Kier molecular flexibility index (Phi) is 1.93. The largest absolute Gasteiger partial charge is 0.478 e. The number of carboxylic acids is 1. The Morgan fingerprint density at radius 2 is 2.21 bits per heavy atom. The van der Waals surface area contributed by atoms with Gasteiger partial charge in [-0.1, -0.05) is 18.2 Å². The maximum Gasteiger partial charge on any atom is 0.335 e. The van der Waals surface area contributed by atoms with Gasteiger partial charge in [-0.25, -0.2) is 4.79 Å². The fraction of sp³-hybridized carbons (Fsp3) is 0.0909. The smallest absolute Gasteiger partial charge is 0.335 e. The van der Waals surface area contributed by atoms with E-state index in [0.29, 0.717) is 6.42 Å². The van der Waals surface area contributed by atoms with Gasteiger partial charge in [0, 0.05) is 5.57 Å². The van der Waals surface area contributed by atoms with E-state index in [2.05, 4.69) is 0 Å². The van der Waals surface area contributed by atoms with Crippen LogP contribution in [-0.4, -0.2) is 16.8 Å². The number of rotatable bonds is 1. The highest BCUT2D eigenvalue weighted by atomic mass is 16.4. The molecule has 0 aromatic carbocycles. The summed E-state index contributed by atoms with van der Waals surface area (Å²) < 4.78 is 0. The summed E-state index contributed by atoms with van der Waals surface area (Å²) in [5, 5.41) is 16.5. The second kappa shape index (κ2) is 3.10. The molecule has 3 nitrogen and oxygen atoms in total. The van der Waals surface area contributed by atoms with Gasteiger partial charge in [-0.05, 0) is 24.1 Å². The highest BCUT2D eigenvalue weighted by Crippen LogP contribution is 2.26. The maximum atomic E-state index is 10.7. The molecule has 0 saturated heterocycles. The summed E-state index contributed by atoms with van der Waals surface area (Å²) in [4.78, 5) is 10.7. The monoisotopic (exact) mass is 187 g/mol. The molecule has 0 amide bonds. The second-order valence-corrected chi connectivity index (χ2v) is 3.20. The summed E-state index contributed by atoms with van der Waals surface area (Å²) in [6, 6.07) is 0. The number of carbonyl (C=O) groups is 1. The fourth-order valence-corrected chi connectivity index (χ4v) is 1.56. The van der Waals surface area contributed by atoms with Crippen LogP contribution in [0.25, 0.3) is 0 Å². The van der Waals surface area contributed by atoms with E-state index < -0.39 is 5.97 Å². The van der Waals surface area contributed by atoms with Crippen LogP contribution in [-0.2, 0) is 4.79 Å². The molecule has 70 valence electrons. The van der Waals surface area contributed by atoms with Crippen LogP contribution >= 0.6 is 0 Å². The van der Waals surface area contributed by atoms with Crippen LogP contribution in [0.5, 0.6) is 0 Å². The molecule has 0 aromatic heterocycles. The van der Waals surface area contributed by atoms with Crippen LogP contribution in [0, 0.1) is 5.41 Å². The SMILES string of the molecule is N=C1C=C(C(=O)O)C=C2CC=CC=C12. The summed E-state index contributed by atoms with van der Waals surface area (Å²) in [5.74, 6) is -0.976. The summed E-state index contributed by atoms with van der Waals surface area (Å²) >= 11 is 0.